The highest BCUT2D eigenvalue weighted by molar-refractivity contribution is 6.00. The summed E-state index contributed by atoms with van der Waals surface area (Å²) in [6.07, 6.45) is 4.68. The van der Waals surface area contributed by atoms with Gasteiger partial charge in [-0.1, -0.05) is 18.2 Å². The minimum atomic E-state index is -0.345. The van der Waals surface area contributed by atoms with Crippen molar-refractivity contribution in [2.45, 2.75) is 32.0 Å². The lowest BCUT2D eigenvalue weighted by Gasteiger charge is -2.31. The number of rotatable bonds is 4. The molecule has 1 amide bonds. The zero-order chi connectivity index (χ0) is 25.8. The molecular weight excluding hydrogens is 483 g/mol. The number of carbonyl (C=O) groups excluding carboxylic acids is 1. The molecule has 1 atom stereocenters. The van der Waals surface area contributed by atoms with Gasteiger partial charge in [0.25, 0.3) is 5.91 Å². The first-order valence-corrected chi connectivity index (χ1v) is 13.0. The monoisotopic (exact) mass is 510 g/mol. The quantitative estimate of drug-likeness (QED) is 0.391. The zero-order valence-corrected chi connectivity index (χ0v) is 20.8. The van der Waals surface area contributed by atoms with Crippen LogP contribution in [0.25, 0.3) is 33.5 Å². The first kappa shape index (κ1) is 22.9. The largest absolute Gasteiger partial charge is 0.489 e. The fourth-order valence-electron chi connectivity index (χ4n) is 5.77. The van der Waals surface area contributed by atoms with E-state index >= 15 is 0 Å². The van der Waals surface area contributed by atoms with Gasteiger partial charge in [-0.05, 0) is 43.2 Å². The van der Waals surface area contributed by atoms with Crippen LogP contribution in [0.3, 0.4) is 0 Å². The molecule has 5 heterocycles. The van der Waals surface area contributed by atoms with Gasteiger partial charge in [-0.2, -0.15) is 0 Å². The van der Waals surface area contributed by atoms with E-state index in [1.54, 1.807) is 12.3 Å². The van der Waals surface area contributed by atoms with E-state index < -0.39 is 0 Å². The van der Waals surface area contributed by atoms with Gasteiger partial charge in [0.15, 0.2) is 5.82 Å². The average molecular weight is 511 g/mol. The van der Waals surface area contributed by atoms with Gasteiger partial charge < -0.3 is 24.5 Å². The van der Waals surface area contributed by atoms with Gasteiger partial charge in [0.05, 0.1) is 30.5 Å². The zero-order valence-electron chi connectivity index (χ0n) is 20.8. The second-order valence-corrected chi connectivity index (χ2v) is 10.1. The van der Waals surface area contributed by atoms with Crippen LogP contribution in [0, 0.1) is 5.82 Å². The SMILES string of the molecule is NC1CCCN(C(=O)c2cc3c4c(c2)nc(-c2cc5ccccc5n2Cc2ccncc2F)n4CCO3)C1. The summed E-state index contributed by atoms with van der Waals surface area (Å²) in [5.41, 5.74) is 10.7. The van der Waals surface area contributed by atoms with E-state index in [1.165, 1.54) is 6.20 Å². The van der Waals surface area contributed by atoms with E-state index in [-0.39, 0.29) is 17.8 Å². The first-order chi connectivity index (χ1) is 18.6. The van der Waals surface area contributed by atoms with Crippen molar-refractivity contribution in [1.82, 2.24) is 24.0 Å². The van der Waals surface area contributed by atoms with Crippen molar-refractivity contribution in [2.75, 3.05) is 19.7 Å². The molecule has 192 valence electrons. The van der Waals surface area contributed by atoms with Crippen molar-refractivity contribution in [1.29, 1.82) is 0 Å². The minimum Gasteiger partial charge on any atom is -0.489 e. The van der Waals surface area contributed by atoms with Crippen molar-refractivity contribution in [2.24, 2.45) is 5.73 Å². The summed E-state index contributed by atoms with van der Waals surface area (Å²) in [6.45, 7) is 2.68. The Morgan fingerprint density at radius 2 is 2.05 bits per heavy atom. The van der Waals surface area contributed by atoms with E-state index in [4.69, 9.17) is 15.5 Å². The van der Waals surface area contributed by atoms with Crippen LogP contribution < -0.4 is 10.5 Å². The van der Waals surface area contributed by atoms with E-state index in [2.05, 4.69) is 20.2 Å². The number of para-hydroxylation sites is 1. The Hall–Kier alpha value is -4.24. The topological polar surface area (TPSA) is 91.2 Å². The van der Waals surface area contributed by atoms with Crippen LogP contribution in [0.2, 0.25) is 0 Å². The van der Waals surface area contributed by atoms with E-state index in [1.807, 2.05) is 41.3 Å². The molecule has 2 aromatic carbocycles. The lowest BCUT2D eigenvalue weighted by Crippen LogP contribution is -2.45. The molecule has 0 radical (unpaired) electrons. The van der Waals surface area contributed by atoms with Crippen molar-refractivity contribution < 1.29 is 13.9 Å². The third kappa shape index (κ3) is 3.73. The van der Waals surface area contributed by atoms with Crippen molar-refractivity contribution >= 4 is 27.8 Å². The number of benzene rings is 2. The van der Waals surface area contributed by atoms with Crippen LogP contribution in [-0.4, -0.2) is 55.6 Å². The number of carbonyl (C=O) groups is 1. The lowest BCUT2D eigenvalue weighted by molar-refractivity contribution is 0.0708. The molecule has 8 nitrogen and oxygen atoms in total. The lowest BCUT2D eigenvalue weighted by atomic mass is 10.0. The number of piperidine rings is 1. The van der Waals surface area contributed by atoms with Gasteiger partial charge in [-0.3, -0.25) is 9.78 Å². The van der Waals surface area contributed by atoms with Gasteiger partial charge in [0.1, 0.15) is 23.7 Å². The number of fused-ring (bicyclic) bond motifs is 1. The van der Waals surface area contributed by atoms with Crippen LogP contribution in [0.5, 0.6) is 5.75 Å². The number of amides is 1. The summed E-state index contributed by atoms with van der Waals surface area (Å²) in [4.78, 5) is 24.1. The second kappa shape index (κ2) is 8.95. The molecule has 0 aliphatic carbocycles. The molecular formula is C29H27FN6O2. The van der Waals surface area contributed by atoms with Crippen molar-refractivity contribution in [3.05, 3.63) is 77.9 Å². The Kier molecular flexibility index (Phi) is 5.40. The number of hydrogen-bond acceptors (Lipinski definition) is 5. The van der Waals surface area contributed by atoms with Crippen LogP contribution >= 0.6 is 0 Å². The molecule has 0 saturated carbocycles. The highest BCUT2D eigenvalue weighted by Gasteiger charge is 2.28. The maximum Gasteiger partial charge on any atom is 0.254 e. The summed E-state index contributed by atoms with van der Waals surface area (Å²) in [7, 11) is 0. The Morgan fingerprint density at radius 1 is 1.16 bits per heavy atom. The Labute approximate surface area is 218 Å². The minimum absolute atomic E-state index is 0.00370. The van der Waals surface area contributed by atoms with Gasteiger partial charge >= 0.3 is 0 Å². The molecule has 1 saturated heterocycles. The standard InChI is InChI=1S/C29H27FN6O2/c30-22-15-32-8-7-19(22)16-36-24-6-2-1-4-18(24)13-25(36)28-33-23-12-20(14-26-27(23)35(28)10-11-38-26)29(37)34-9-3-5-21(31)17-34/h1-2,4,6-8,12-15,21H,3,5,9-11,16-17,31H2. The Morgan fingerprint density at radius 3 is 2.92 bits per heavy atom. The molecule has 0 bridgehead atoms. The summed E-state index contributed by atoms with van der Waals surface area (Å²) in [6, 6.07) is 15.5. The van der Waals surface area contributed by atoms with Crippen LogP contribution in [-0.2, 0) is 13.1 Å². The number of likely N-dealkylation sites (tertiary alicyclic amines) is 1. The van der Waals surface area contributed by atoms with Crippen LogP contribution in [0.15, 0.2) is 60.9 Å². The number of imidazole rings is 1. The fourth-order valence-corrected chi connectivity index (χ4v) is 5.77. The number of nitrogens with zero attached hydrogens (tertiary/aromatic N) is 5. The van der Waals surface area contributed by atoms with Gasteiger partial charge in [0, 0.05) is 47.4 Å². The summed E-state index contributed by atoms with van der Waals surface area (Å²) < 4.78 is 24.9. The summed E-state index contributed by atoms with van der Waals surface area (Å²) in [5, 5.41) is 1.04. The molecule has 1 fully saturated rings. The van der Waals surface area contributed by atoms with Crippen molar-refractivity contribution in [3.8, 4) is 17.3 Å². The number of ether oxygens (including phenoxy) is 1. The molecule has 2 aliphatic rings. The second-order valence-electron chi connectivity index (χ2n) is 10.1. The third-order valence-electron chi connectivity index (χ3n) is 7.60. The van der Waals surface area contributed by atoms with E-state index in [0.717, 1.165) is 40.8 Å². The van der Waals surface area contributed by atoms with Crippen molar-refractivity contribution in [3.63, 3.8) is 0 Å². The molecule has 3 aromatic heterocycles. The van der Waals surface area contributed by atoms with Crippen LogP contribution in [0.1, 0.15) is 28.8 Å². The number of aromatic nitrogens is 4. The summed E-state index contributed by atoms with van der Waals surface area (Å²) >= 11 is 0. The highest BCUT2D eigenvalue weighted by Crippen LogP contribution is 2.37. The molecule has 2 aliphatic heterocycles. The normalized spacial score (nSPS) is 17.2. The maximum atomic E-state index is 14.6. The van der Waals surface area contributed by atoms with Gasteiger partial charge in [0.2, 0.25) is 0 Å². The molecule has 7 rings (SSSR count). The molecule has 9 heteroatoms. The molecule has 5 aromatic rings. The number of halogens is 1. The van der Waals surface area contributed by atoms with Gasteiger partial charge in [-0.15, -0.1) is 0 Å². The van der Waals surface area contributed by atoms with Gasteiger partial charge in [-0.25, -0.2) is 9.37 Å². The molecule has 2 N–H and O–H groups in total. The highest BCUT2D eigenvalue weighted by atomic mass is 19.1. The van der Waals surface area contributed by atoms with E-state index in [0.29, 0.717) is 55.2 Å². The third-order valence-corrected chi connectivity index (χ3v) is 7.60. The fraction of sp³-hybridized carbons (Fsp3) is 0.276. The smallest absolute Gasteiger partial charge is 0.254 e. The molecule has 0 spiro atoms. The predicted molar refractivity (Wildman–Crippen MR) is 143 cm³/mol. The summed E-state index contributed by atoms with van der Waals surface area (Å²) in [5.74, 6) is 1.02. The first-order valence-electron chi connectivity index (χ1n) is 13.0. The molecule has 1 unspecified atom stereocenters. The van der Waals surface area contributed by atoms with Crippen LogP contribution in [0.4, 0.5) is 4.39 Å². The number of nitrogens with two attached hydrogens (primary N) is 1. The molecule has 38 heavy (non-hydrogen) atoms. The Bertz CT molecular complexity index is 1710. The average Bonchev–Trinajstić information content (AvgIpc) is 3.49. The maximum absolute atomic E-state index is 14.6. The predicted octanol–water partition coefficient (Wildman–Crippen LogP) is 4.20. The van der Waals surface area contributed by atoms with E-state index in [9.17, 15) is 9.18 Å². The Balaban J connectivity index is 1.37. The number of hydrogen-bond donors (Lipinski definition) is 1. The number of pyridine rings is 1.